The number of carbonyl (C=O) groups excluding carboxylic acids is 1. The summed E-state index contributed by atoms with van der Waals surface area (Å²) >= 11 is 0. The molecule has 3 rings (SSSR count). The Kier molecular flexibility index (Phi) is 5.55. The summed E-state index contributed by atoms with van der Waals surface area (Å²) in [7, 11) is 0. The number of rotatable bonds is 5. The third-order valence-electron chi connectivity index (χ3n) is 4.37. The summed E-state index contributed by atoms with van der Waals surface area (Å²) in [6, 6.07) is 9.65. The number of carbonyl (C=O) groups is 1. The van der Waals surface area contributed by atoms with E-state index in [4.69, 9.17) is 0 Å². The molecule has 1 aromatic carbocycles. The van der Waals surface area contributed by atoms with Gasteiger partial charge in [-0.15, -0.1) is 5.10 Å². The second-order valence-electron chi connectivity index (χ2n) is 6.18. The Labute approximate surface area is 145 Å². The van der Waals surface area contributed by atoms with Crippen molar-refractivity contribution >= 4 is 11.7 Å². The number of aliphatic hydroxyl groups is 1. The number of hydrogen-bond donors (Lipinski definition) is 2. The van der Waals surface area contributed by atoms with Gasteiger partial charge in [-0.1, -0.05) is 12.1 Å². The van der Waals surface area contributed by atoms with Crippen molar-refractivity contribution < 1.29 is 14.3 Å². The Bertz CT molecular complexity index is 705. The molecule has 0 unspecified atom stereocenters. The molecule has 1 aliphatic heterocycles. The Morgan fingerprint density at radius 2 is 2.12 bits per heavy atom. The summed E-state index contributed by atoms with van der Waals surface area (Å²) in [5.41, 5.74) is 0.424. The van der Waals surface area contributed by atoms with E-state index in [1.807, 2.05) is 12.1 Å². The number of aliphatic hydroxyl groups excluding tert-OH is 1. The van der Waals surface area contributed by atoms with Crippen molar-refractivity contribution in [2.45, 2.75) is 31.4 Å². The number of piperidine rings is 1. The third-order valence-corrected chi connectivity index (χ3v) is 4.37. The predicted molar refractivity (Wildman–Crippen MR) is 91.2 cm³/mol. The Morgan fingerprint density at radius 1 is 1.32 bits per heavy atom. The van der Waals surface area contributed by atoms with Gasteiger partial charge in [0.2, 0.25) is 5.91 Å². The smallest absolute Gasteiger partial charge is 0.225 e. The lowest BCUT2D eigenvalue weighted by molar-refractivity contribution is -0.134. The highest BCUT2D eigenvalue weighted by atomic mass is 19.1. The minimum Gasteiger partial charge on any atom is -0.388 e. The lowest BCUT2D eigenvalue weighted by atomic mass is 10.0. The number of aromatic nitrogens is 2. The SMILES string of the molecule is O=C(C[C@@H](O)c1cccc(F)c1)N1CCC(Nc2cccnn2)CC1. The van der Waals surface area contributed by atoms with Crippen LogP contribution in [-0.4, -0.2) is 45.2 Å². The zero-order valence-electron chi connectivity index (χ0n) is 13.8. The molecule has 132 valence electrons. The zero-order valence-corrected chi connectivity index (χ0v) is 13.8. The average molecular weight is 344 g/mol. The molecule has 2 heterocycles. The van der Waals surface area contributed by atoms with Gasteiger partial charge in [0.25, 0.3) is 0 Å². The maximum Gasteiger partial charge on any atom is 0.225 e. The first-order valence-electron chi connectivity index (χ1n) is 8.37. The number of likely N-dealkylation sites (tertiary alicyclic amines) is 1. The van der Waals surface area contributed by atoms with Crippen molar-refractivity contribution in [3.63, 3.8) is 0 Å². The highest BCUT2D eigenvalue weighted by molar-refractivity contribution is 5.77. The maximum absolute atomic E-state index is 13.2. The van der Waals surface area contributed by atoms with Crippen LogP contribution in [0.4, 0.5) is 10.2 Å². The number of nitrogens with zero attached hydrogens (tertiary/aromatic N) is 3. The van der Waals surface area contributed by atoms with Gasteiger partial charge in [-0.2, -0.15) is 5.10 Å². The molecule has 2 aromatic rings. The first-order valence-corrected chi connectivity index (χ1v) is 8.37. The predicted octanol–water partition coefficient (Wildman–Crippen LogP) is 2.14. The van der Waals surface area contributed by atoms with E-state index in [1.165, 1.54) is 18.2 Å². The molecular formula is C18H21FN4O2. The van der Waals surface area contributed by atoms with Crippen LogP contribution >= 0.6 is 0 Å². The van der Waals surface area contributed by atoms with Gasteiger partial charge in [-0.25, -0.2) is 4.39 Å². The zero-order chi connectivity index (χ0) is 17.6. The van der Waals surface area contributed by atoms with Crippen LogP contribution < -0.4 is 5.32 Å². The minimum atomic E-state index is -0.987. The summed E-state index contributed by atoms with van der Waals surface area (Å²) in [5.74, 6) is 0.198. The van der Waals surface area contributed by atoms with Gasteiger partial charge in [-0.3, -0.25) is 4.79 Å². The van der Waals surface area contributed by atoms with Crippen LogP contribution in [0, 0.1) is 5.82 Å². The fraction of sp³-hybridized carbons (Fsp3) is 0.389. The molecule has 2 N–H and O–H groups in total. The second-order valence-corrected chi connectivity index (χ2v) is 6.18. The lowest BCUT2D eigenvalue weighted by Gasteiger charge is -2.33. The van der Waals surface area contributed by atoms with Crippen molar-refractivity contribution in [3.05, 3.63) is 54.0 Å². The Hall–Kier alpha value is -2.54. The van der Waals surface area contributed by atoms with E-state index in [0.29, 0.717) is 18.7 Å². The van der Waals surface area contributed by atoms with E-state index >= 15 is 0 Å². The summed E-state index contributed by atoms with van der Waals surface area (Å²) in [5, 5.41) is 21.3. The normalized spacial score (nSPS) is 16.5. The van der Waals surface area contributed by atoms with Crippen LogP contribution in [0.2, 0.25) is 0 Å². The number of hydrogen-bond acceptors (Lipinski definition) is 5. The maximum atomic E-state index is 13.2. The molecule has 0 radical (unpaired) electrons. The first kappa shape index (κ1) is 17.3. The molecule has 0 aliphatic carbocycles. The molecule has 1 atom stereocenters. The largest absolute Gasteiger partial charge is 0.388 e. The van der Waals surface area contributed by atoms with Crippen LogP contribution in [0.15, 0.2) is 42.6 Å². The highest BCUT2D eigenvalue weighted by Gasteiger charge is 2.25. The lowest BCUT2D eigenvalue weighted by Crippen LogP contribution is -2.42. The molecule has 0 bridgehead atoms. The van der Waals surface area contributed by atoms with Gasteiger partial charge in [0.1, 0.15) is 11.6 Å². The molecule has 25 heavy (non-hydrogen) atoms. The summed E-state index contributed by atoms with van der Waals surface area (Å²) in [4.78, 5) is 14.1. The van der Waals surface area contributed by atoms with E-state index < -0.39 is 11.9 Å². The number of halogens is 1. The molecule has 0 saturated carbocycles. The topological polar surface area (TPSA) is 78.4 Å². The Balaban J connectivity index is 1.48. The quantitative estimate of drug-likeness (QED) is 0.869. The number of amides is 1. The number of nitrogens with one attached hydrogen (secondary N) is 1. The van der Waals surface area contributed by atoms with Crippen molar-refractivity contribution in [1.82, 2.24) is 15.1 Å². The fourth-order valence-corrected chi connectivity index (χ4v) is 2.99. The fourth-order valence-electron chi connectivity index (χ4n) is 2.99. The summed E-state index contributed by atoms with van der Waals surface area (Å²) < 4.78 is 13.2. The van der Waals surface area contributed by atoms with Crippen molar-refractivity contribution in [2.24, 2.45) is 0 Å². The van der Waals surface area contributed by atoms with E-state index in [2.05, 4.69) is 15.5 Å². The second kappa shape index (κ2) is 8.02. The first-order chi connectivity index (χ1) is 12.1. The number of benzene rings is 1. The van der Waals surface area contributed by atoms with E-state index in [0.717, 1.165) is 18.7 Å². The Morgan fingerprint density at radius 3 is 2.80 bits per heavy atom. The molecular weight excluding hydrogens is 323 g/mol. The van der Waals surface area contributed by atoms with Crippen LogP contribution in [0.25, 0.3) is 0 Å². The van der Waals surface area contributed by atoms with Crippen molar-refractivity contribution in [1.29, 1.82) is 0 Å². The van der Waals surface area contributed by atoms with Crippen LogP contribution in [-0.2, 0) is 4.79 Å². The van der Waals surface area contributed by atoms with Crippen LogP contribution in [0.3, 0.4) is 0 Å². The molecule has 1 amide bonds. The van der Waals surface area contributed by atoms with Crippen molar-refractivity contribution in [3.8, 4) is 0 Å². The van der Waals surface area contributed by atoms with Gasteiger partial charge in [0.15, 0.2) is 0 Å². The van der Waals surface area contributed by atoms with Gasteiger partial charge >= 0.3 is 0 Å². The molecule has 1 saturated heterocycles. The van der Waals surface area contributed by atoms with E-state index in [9.17, 15) is 14.3 Å². The average Bonchev–Trinajstić information content (AvgIpc) is 2.63. The standard InChI is InChI=1S/C18H21FN4O2/c19-14-4-1-3-13(11-14)16(24)12-18(25)23-9-6-15(7-10-23)21-17-5-2-8-20-22-17/h1-5,8,11,15-16,24H,6-7,9-10,12H2,(H,21,22)/t16-/m1/s1. The number of anilines is 1. The molecule has 7 heteroatoms. The molecule has 1 aromatic heterocycles. The molecule has 1 fully saturated rings. The van der Waals surface area contributed by atoms with Crippen LogP contribution in [0.5, 0.6) is 0 Å². The van der Waals surface area contributed by atoms with E-state index in [1.54, 1.807) is 17.2 Å². The molecule has 0 spiro atoms. The molecule has 1 aliphatic rings. The molecule has 6 nitrogen and oxygen atoms in total. The van der Waals surface area contributed by atoms with Crippen molar-refractivity contribution in [2.75, 3.05) is 18.4 Å². The van der Waals surface area contributed by atoms with Gasteiger partial charge < -0.3 is 15.3 Å². The van der Waals surface area contributed by atoms with Crippen LogP contribution in [0.1, 0.15) is 30.9 Å². The summed E-state index contributed by atoms with van der Waals surface area (Å²) in [6.07, 6.45) is 2.21. The van der Waals surface area contributed by atoms with Gasteiger partial charge in [-0.05, 0) is 42.7 Å². The third kappa shape index (κ3) is 4.73. The highest BCUT2D eigenvalue weighted by Crippen LogP contribution is 2.21. The van der Waals surface area contributed by atoms with Gasteiger partial charge in [0, 0.05) is 25.3 Å². The van der Waals surface area contributed by atoms with Gasteiger partial charge in [0.05, 0.1) is 12.5 Å². The monoisotopic (exact) mass is 344 g/mol. The van der Waals surface area contributed by atoms with E-state index in [-0.39, 0.29) is 18.4 Å². The summed E-state index contributed by atoms with van der Waals surface area (Å²) in [6.45, 7) is 1.24. The minimum absolute atomic E-state index is 0.0360.